The molecule has 15 heavy (non-hydrogen) atoms. The summed E-state index contributed by atoms with van der Waals surface area (Å²) in [6, 6.07) is 0. The molecular weight excluding hydrogens is 190 g/mol. The Morgan fingerprint density at radius 3 is 2.80 bits per heavy atom. The summed E-state index contributed by atoms with van der Waals surface area (Å²) in [5, 5.41) is 0. The second-order valence-electron chi connectivity index (χ2n) is 3.35. The lowest BCUT2D eigenvalue weighted by Gasteiger charge is -2.04. The van der Waals surface area contributed by atoms with Gasteiger partial charge in [0.15, 0.2) is 5.82 Å². The van der Waals surface area contributed by atoms with Crippen LogP contribution in [0.25, 0.3) is 11.5 Å². The van der Waals surface area contributed by atoms with Crippen molar-refractivity contribution in [2.45, 2.75) is 13.5 Å². The fraction of sp³-hybridized carbons (Fsp3) is 0.300. The van der Waals surface area contributed by atoms with Gasteiger partial charge in [-0.3, -0.25) is 4.98 Å². The van der Waals surface area contributed by atoms with Crippen LogP contribution in [0.3, 0.4) is 0 Å². The molecular formula is C10H13N5. The molecule has 2 aromatic rings. The summed E-state index contributed by atoms with van der Waals surface area (Å²) in [7, 11) is 1.92. The first kappa shape index (κ1) is 9.79. The first-order chi connectivity index (χ1) is 7.22. The Morgan fingerprint density at radius 1 is 1.40 bits per heavy atom. The third kappa shape index (κ3) is 1.73. The van der Waals surface area contributed by atoms with Gasteiger partial charge in [0, 0.05) is 26.0 Å². The smallest absolute Gasteiger partial charge is 0.159 e. The van der Waals surface area contributed by atoms with Crippen LogP contribution in [0.4, 0.5) is 0 Å². The van der Waals surface area contributed by atoms with Gasteiger partial charge in [-0.05, 0) is 6.92 Å². The Kier molecular flexibility index (Phi) is 2.47. The van der Waals surface area contributed by atoms with E-state index in [1.807, 2.05) is 24.7 Å². The third-order valence-electron chi connectivity index (χ3n) is 2.30. The van der Waals surface area contributed by atoms with E-state index >= 15 is 0 Å². The Hall–Kier alpha value is -1.75. The lowest BCUT2D eigenvalue weighted by Crippen LogP contribution is -2.06. The maximum atomic E-state index is 5.58. The number of nitrogens with zero attached hydrogens (tertiary/aromatic N) is 4. The van der Waals surface area contributed by atoms with E-state index in [4.69, 9.17) is 5.73 Å². The summed E-state index contributed by atoms with van der Waals surface area (Å²) in [6.45, 7) is 2.30. The molecule has 0 atom stereocenters. The molecule has 0 amide bonds. The molecule has 0 aliphatic carbocycles. The Morgan fingerprint density at radius 2 is 2.20 bits per heavy atom. The zero-order chi connectivity index (χ0) is 10.8. The van der Waals surface area contributed by atoms with Crippen LogP contribution in [0.5, 0.6) is 0 Å². The van der Waals surface area contributed by atoms with Crippen molar-refractivity contribution >= 4 is 0 Å². The van der Waals surface area contributed by atoms with Crippen LogP contribution in [0.15, 0.2) is 18.6 Å². The second kappa shape index (κ2) is 3.78. The topological polar surface area (TPSA) is 69.6 Å². The zero-order valence-electron chi connectivity index (χ0n) is 8.81. The molecule has 0 aromatic carbocycles. The number of hydrogen-bond acceptors (Lipinski definition) is 4. The molecule has 5 nitrogen and oxygen atoms in total. The number of nitrogens with two attached hydrogens (primary N) is 1. The molecule has 0 bridgehead atoms. The van der Waals surface area contributed by atoms with E-state index in [0.717, 1.165) is 22.9 Å². The third-order valence-corrected chi connectivity index (χ3v) is 2.30. The van der Waals surface area contributed by atoms with Crippen molar-refractivity contribution in [3.8, 4) is 11.5 Å². The van der Waals surface area contributed by atoms with E-state index in [2.05, 4.69) is 15.0 Å². The Balaban J connectivity index is 2.51. The standard InChI is InChI=1S/C10H13N5/c1-7-8(5-11)14-9(6-13-7)10-12-3-4-15(10)2/h3-4,6H,5,11H2,1-2H3. The summed E-state index contributed by atoms with van der Waals surface area (Å²) >= 11 is 0. The minimum absolute atomic E-state index is 0.400. The lowest BCUT2D eigenvalue weighted by atomic mass is 10.3. The molecule has 2 heterocycles. The van der Waals surface area contributed by atoms with Crippen molar-refractivity contribution in [3.63, 3.8) is 0 Å². The van der Waals surface area contributed by atoms with Crippen LogP contribution in [0.1, 0.15) is 11.4 Å². The highest BCUT2D eigenvalue weighted by Crippen LogP contribution is 2.14. The van der Waals surface area contributed by atoms with Gasteiger partial charge in [0.1, 0.15) is 5.69 Å². The maximum Gasteiger partial charge on any atom is 0.159 e. The highest BCUT2D eigenvalue weighted by molar-refractivity contribution is 5.48. The fourth-order valence-corrected chi connectivity index (χ4v) is 1.40. The quantitative estimate of drug-likeness (QED) is 0.777. The molecule has 0 unspecified atom stereocenters. The second-order valence-corrected chi connectivity index (χ2v) is 3.35. The van der Waals surface area contributed by atoms with Crippen molar-refractivity contribution in [1.29, 1.82) is 0 Å². The van der Waals surface area contributed by atoms with E-state index in [1.54, 1.807) is 12.4 Å². The average molecular weight is 203 g/mol. The van der Waals surface area contributed by atoms with E-state index in [-0.39, 0.29) is 0 Å². The van der Waals surface area contributed by atoms with Gasteiger partial charge < -0.3 is 10.3 Å². The molecule has 0 aliphatic rings. The van der Waals surface area contributed by atoms with Crippen molar-refractivity contribution < 1.29 is 0 Å². The summed E-state index contributed by atoms with van der Waals surface area (Å²) < 4.78 is 1.90. The predicted octanol–water partition coefficient (Wildman–Crippen LogP) is 0.644. The Labute approximate surface area is 88.0 Å². The molecule has 78 valence electrons. The molecule has 0 fully saturated rings. The summed E-state index contributed by atoms with van der Waals surface area (Å²) in [4.78, 5) is 12.9. The fourth-order valence-electron chi connectivity index (χ4n) is 1.40. The summed E-state index contributed by atoms with van der Waals surface area (Å²) in [6.07, 6.45) is 5.33. The van der Waals surface area contributed by atoms with Crippen LogP contribution >= 0.6 is 0 Å². The first-order valence-corrected chi connectivity index (χ1v) is 4.72. The highest BCUT2D eigenvalue weighted by atomic mass is 15.1. The van der Waals surface area contributed by atoms with Crippen molar-refractivity contribution in [3.05, 3.63) is 30.0 Å². The number of aryl methyl sites for hydroxylation is 2. The molecule has 2 N–H and O–H groups in total. The zero-order valence-corrected chi connectivity index (χ0v) is 8.81. The van der Waals surface area contributed by atoms with Gasteiger partial charge in [-0.15, -0.1) is 0 Å². The highest BCUT2D eigenvalue weighted by Gasteiger charge is 2.07. The van der Waals surface area contributed by atoms with Crippen LogP contribution in [0, 0.1) is 6.92 Å². The van der Waals surface area contributed by atoms with Gasteiger partial charge >= 0.3 is 0 Å². The van der Waals surface area contributed by atoms with Crippen molar-refractivity contribution in [1.82, 2.24) is 19.5 Å². The SMILES string of the molecule is Cc1ncc(-c2nccn2C)nc1CN. The van der Waals surface area contributed by atoms with Crippen molar-refractivity contribution in [2.75, 3.05) is 0 Å². The Bertz CT molecular complexity index is 474. The molecule has 0 aliphatic heterocycles. The maximum absolute atomic E-state index is 5.58. The van der Waals surface area contributed by atoms with Crippen LogP contribution in [0.2, 0.25) is 0 Å². The van der Waals surface area contributed by atoms with Gasteiger partial charge in [0.25, 0.3) is 0 Å². The number of hydrogen-bond donors (Lipinski definition) is 1. The minimum atomic E-state index is 0.400. The van der Waals surface area contributed by atoms with E-state index < -0.39 is 0 Å². The molecule has 0 saturated heterocycles. The van der Waals surface area contributed by atoms with Gasteiger partial charge in [-0.1, -0.05) is 0 Å². The molecule has 0 radical (unpaired) electrons. The monoisotopic (exact) mass is 203 g/mol. The summed E-state index contributed by atoms with van der Waals surface area (Å²) in [5.74, 6) is 0.803. The van der Waals surface area contributed by atoms with Gasteiger partial charge in [-0.25, -0.2) is 9.97 Å². The van der Waals surface area contributed by atoms with Gasteiger partial charge in [0.2, 0.25) is 0 Å². The summed E-state index contributed by atoms with van der Waals surface area (Å²) in [5.41, 5.74) is 8.03. The number of rotatable bonds is 2. The molecule has 5 heteroatoms. The van der Waals surface area contributed by atoms with Gasteiger partial charge in [0.05, 0.1) is 17.6 Å². The average Bonchev–Trinajstić information content (AvgIpc) is 2.65. The van der Waals surface area contributed by atoms with Crippen LogP contribution in [-0.4, -0.2) is 19.5 Å². The van der Waals surface area contributed by atoms with Crippen molar-refractivity contribution in [2.24, 2.45) is 12.8 Å². The molecule has 2 aromatic heterocycles. The molecule has 0 saturated carbocycles. The van der Waals surface area contributed by atoms with E-state index in [9.17, 15) is 0 Å². The van der Waals surface area contributed by atoms with Crippen LogP contribution in [-0.2, 0) is 13.6 Å². The van der Waals surface area contributed by atoms with E-state index in [1.165, 1.54) is 0 Å². The molecule has 2 rings (SSSR count). The van der Waals surface area contributed by atoms with E-state index in [0.29, 0.717) is 6.54 Å². The minimum Gasteiger partial charge on any atom is -0.333 e. The number of imidazole rings is 1. The van der Waals surface area contributed by atoms with Gasteiger partial charge in [-0.2, -0.15) is 0 Å². The lowest BCUT2D eigenvalue weighted by molar-refractivity contribution is 0.889. The largest absolute Gasteiger partial charge is 0.333 e. The molecule has 0 spiro atoms. The predicted molar refractivity (Wildman–Crippen MR) is 56.9 cm³/mol. The first-order valence-electron chi connectivity index (χ1n) is 4.72. The number of aromatic nitrogens is 4. The van der Waals surface area contributed by atoms with Crippen LogP contribution < -0.4 is 5.73 Å². The normalized spacial score (nSPS) is 10.6.